The van der Waals surface area contributed by atoms with Gasteiger partial charge in [0.05, 0.1) is 6.20 Å². The zero-order chi connectivity index (χ0) is 13.9. The molecule has 0 saturated heterocycles. The maximum absolute atomic E-state index is 12.4. The van der Waals surface area contributed by atoms with E-state index in [1.807, 2.05) is 6.92 Å². The molecule has 0 fully saturated rings. The number of rotatable bonds is 6. The molecule has 6 nitrogen and oxygen atoms in total. The maximum Gasteiger partial charge on any atom is 0.260 e. The van der Waals surface area contributed by atoms with Gasteiger partial charge in [0.2, 0.25) is 0 Å². The number of nitrogens with one attached hydrogen (secondary N) is 1. The van der Waals surface area contributed by atoms with Gasteiger partial charge in [0.15, 0.2) is 5.03 Å². The van der Waals surface area contributed by atoms with Crippen molar-refractivity contribution in [3.8, 4) is 0 Å². The second kappa shape index (κ2) is 5.81. The van der Waals surface area contributed by atoms with E-state index in [1.165, 1.54) is 10.5 Å². The van der Waals surface area contributed by atoms with Gasteiger partial charge in [0.1, 0.15) is 0 Å². The van der Waals surface area contributed by atoms with E-state index < -0.39 is 10.0 Å². The van der Waals surface area contributed by atoms with Gasteiger partial charge in [-0.3, -0.25) is 5.10 Å². The monoisotopic (exact) mass is 274 g/mol. The summed E-state index contributed by atoms with van der Waals surface area (Å²) in [5.74, 6) is 0.438. The Morgan fingerprint density at radius 1 is 1.44 bits per heavy atom. The molecule has 0 aliphatic carbocycles. The number of aromatic nitrogens is 2. The van der Waals surface area contributed by atoms with Crippen LogP contribution in [-0.2, 0) is 16.6 Å². The molecule has 0 bridgehead atoms. The summed E-state index contributed by atoms with van der Waals surface area (Å²) in [5, 5.41) is 6.38. The van der Waals surface area contributed by atoms with Crippen molar-refractivity contribution in [2.75, 3.05) is 7.05 Å². The Labute approximate surface area is 109 Å². The standard InChI is InChI=1S/C11H22N4O2S/c1-8(2)5-9(3)15(4)18(16,17)11-10(6-12)7-13-14-11/h7-9H,5-6,12H2,1-4H3,(H,13,14). The third-order valence-corrected chi connectivity index (χ3v) is 4.96. The van der Waals surface area contributed by atoms with E-state index in [-0.39, 0.29) is 17.6 Å². The zero-order valence-electron chi connectivity index (χ0n) is 11.3. The van der Waals surface area contributed by atoms with Gasteiger partial charge < -0.3 is 5.73 Å². The quantitative estimate of drug-likeness (QED) is 0.807. The first-order valence-electron chi connectivity index (χ1n) is 6.01. The van der Waals surface area contributed by atoms with Crippen molar-refractivity contribution in [1.82, 2.24) is 14.5 Å². The van der Waals surface area contributed by atoms with Crippen LogP contribution in [0.4, 0.5) is 0 Å². The molecule has 1 aromatic rings. The molecule has 1 heterocycles. The van der Waals surface area contributed by atoms with Gasteiger partial charge in [-0.2, -0.15) is 9.40 Å². The summed E-state index contributed by atoms with van der Waals surface area (Å²) >= 11 is 0. The smallest absolute Gasteiger partial charge is 0.260 e. The van der Waals surface area contributed by atoms with Crippen molar-refractivity contribution in [3.05, 3.63) is 11.8 Å². The van der Waals surface area contributed by atoms with Crippen LogP contribution in [0.2, 0.25) is 0 Å². The average Bonchev–Trinajstić information content (AvgIpc) is 2.75. The number of H-pyrrole nitrogens is 1. The van der Waals surface area contributed by atoms with E-state index in [1.54, 1.807) is 7.05 Å². The van der Waals surface area contributed by atoms with Crippen LogP contribution in [0.1, 0.15) is 32.8 Å². The molecule has 1 unspecified atom stereocenters. The van der Waals surface area contributed by atoms with Crippen LogP contribution >= 0.6 is 0 Å². The Morgan fingerprint density at radius 3 is 2.56 bits per heavy atom. The molecule has 1 aromatic heterocycles. The molecule has 7 heteroatoms. The number of nitrogens with zero attached hydrogens (tertiary/aromatic N) is 2. The van der Waals surface area contributed by atoms with E-state index >= 15 is 0 Å². The molecule has 0 aliphatic heterocycles. The molecule has 0 radical (unpaired) electrons. The molecule has 1 rings (SSSR count). The highest BCUT2D eigenvalue weighted by Gasteiger charge is 2.29. The molecule has 0 aliphatic rings. The summed E-state index contributed by atoms with van der Waals surface area (Å²) in [7, 11) is -1.96. The van der Waals surface area contributed by atoms with Crippen molar-refractivity contribution in [3.63, 3.8) is 0 Å². The third-order valence-electron chi connectivity index (χ3n) is 2.97. The van der Waals surface area contributed by atoms with Crippen molar-refractivity contribution in [2.24, 2.45) is 11.7 Å². The highest BCUT2D eigenvalue weighted by molar-refractivity contribution is 7.89. The first-order valence-corrected chi connectivity index (χ1v) is 7.45. The first-order chi connectivity index (χ1) is 8.30. The summed E-state index contributed by atoms with van der Waals surface area (Å²) in [4.78, 5) is 0. The lowest BCUT2D eigenvalue weighted by Crippen LogP contribution is -2.36. The second-order valence-electron chi connectivity index (χ2n) is 4.93. The topological polar surface area (TPSA) is 92.1 Å². The molecule has 0 aromatic carbocycles. The Bertz CT molecular complexity index is 481. The lowest BCUT2D eigenvalue weighted by molar-refractivity contribution is 0.336. The number of hydrogen-bond donors (Lipinski definition) is 2. The van der Waals surface area contributed by atoms with Gasteiger partial charge in [-0.25, -0.2) is 8.42 Å². The van der Waals surface area contributed by atoms with E-state index in [4.69, 9.17) is 5.73 Å². The number of aromatic amines is 1. The van der Waals surface area contributed by atoms with E-state index in [0.717, 1.165) is 6.42 Å². The van der Waals surface area contributed by atoms with Crippen LogP contribution in [0, 0.1) is 5.92 Å². The predicted molar refractivity (Wildman–Crippen MR) is 70.3 cm³/mol. The van der Waals surface area contributed by atoms with Crippen molar-refractivity contribution < 1.29 is 8.42 Å². The molecule has 3 N–H and O–H groups in total. The molecule has 0 amide bonds. The second-order valence-corrected chi connectivity index (χ2v) is 6.86. The van der Waals surface area contributed by atoms with Crippen molar-refractivity contribution in [2.45, 2.75) is 44.8 Å². The molecule has 0 spiro atoms. The number of nitrogens with two attached hydrogens (primary N) is 1. The summed E-state index contributed by atoms with van der Waals surface area (Å²) in [6, 6.07) is -0.0658. The van der Waals surface area contributed by atoms with Gasteiger partial charge in [-0.1, -0.05) is 13.8 Å². The highest BCUT2D eigenvalue weighted by atomic mass is 32.2. The average molecular weight is 274 g/mol. The summed E-state index contributed by atoms with van der Waals surface area (Å²) in [5.41, 5.74) is 6.02. The predicted octanol–water partition coefficient (Wildman–Crippen LogP) is 0.924. The summed E-state index contributed by atoms with van der Waals surface area (Å²) < 4.78 is 26.2. The fraction of sp³-hybridized carbons (Fsp3) is 0.727. The Kier molecular flexibility index (Phi) is 4.89. The van der Waals surface area contributed by atoms with Crippen LogP contribution in [0.3, 0.4) is 0 Å². The van der Waals surface area contributed by atoms with Crippen LogP contribution in [-0.4, -0.2) is 36.0 Å². The fourth-order valence-electron chi connectivity index (χ4n) is 1.88. The minimum atomic E-state index is -3.55. The van der Waals surface area contributed by atoms with E-state index in [9.17, 15) is 8.42 Å². The van der Waals surface area contributed by atoms with Crippen LogP contribution in [0.5, 0.6) is 0 Å². The zero-order valence-corrected chi connectivity index (χ0v) is 12.2. The highest BCUT2D eigenvalue weighted by Crippen LogP contribution is 2.20. The molecule has 1 atom stereocenters. The van der Waals surface area contributed by atoms with Gasteiger partial charge in [0, 0.05) is 25.2 Å². The van der Waals surface area contributed by atoms with Gasteiger partial charge in [-0.15, -0.1) is 0 Å². The Balaban J connectivity index is 3.00. The lowest BCUT2D eigenvalue weighted by atomic mass is 10.1. The van der Waals surface area contributed by atoms with Gasteiger partial charge >= 0.3 is 0 Å². The largest absolute Gasteiger partial charge is 0.326 e. The summed E-state index contributed by atoms with van der Waals surface area (Å²) in [6.45, 7) is 6.18. The van der Waals surface area contributed by atoms with Crippen LogP contribution in [0.25, 0.3) is 0 Å². The molecule has 18 heavy (non-hydrogen) atoms. The molecule has 0 saturated carbocycles. The lowest BCUT2D eigenvalue weighted by Gasteiger charge is -2.25. The van der Waals surface area contributed by atoms with Crippen molar-refractivity contribution in [1.29, 1.82) is 0 Å². The Morgan fingerprint density at radius 2 is 2.06 bits per heavy atom. The van der Waals surface area contributed by atoms with Crippen LogP contribution < -0.4 is 5.73 Å². The van der Waals surface area contributed by atoms with Gasteiger partial charge in [-0.05, 0) is 19.3 Å². The van der Waals surface area contributed by atoms with Crippen LogP contribution in [0.15, 0.2) is 11.2 Å². The SMILES string of the molecule is CC(C)CC(C)N(C)S(=O)(=O)c1[nH]ncc1CN. The van der Waals surface area contributed by atoms with Crippen molar-refractivity contribution >= 4 is 10.0 Å². The minimum absolute atomic E-state index is 0.0658. The van der Waals surface area contributed by atoms with E-state index in [2.05, 4.69) is 24.0 Å². The molecular formula is C11H22N4O2S. The minimum Gasteiger partial charge on any atom is -0.326 e. The molecular weight excluding hydrogens is 252 g/mol. The first kappa shape index (κ1) is 15.1. The summed E-state index contributed by atoms with van der Waals surface area (Å²) in [6.07, 6.45) is 2.26. The maximum atomic E-state index is 12.4. The number of sulfonamides is 1. The third kappa shape index (κ3) is 3.09. The normalized spacial score (nSPS) is 14.4. The van der Waals surface area contributed by atoms with E-state index in [0.29, 0.717) is 11.5 Å². The number of hydrogen-bond acceptors (Lipinski definition) is 4. The molecule has 104 valence electrons. The van der Waals surface area contributed by atoms with Gasteiger partial charge in [0.25, 0.3) is 10.0 Å². The fourth-order valence-corrected chi connectivity index (χ4v) is 3.36. The Hall–Kier alpha value is -0.920.